The van der Waals surface area contributed by atoms with Gasteiger partial charge in [-0.05, 0) is 59.2 Å². The summed E-state index contributed by atoms with van der Waals surface area (Å²) in [7, 11) is 4.05. The number of nitrogens with zero attached hydrogens (tertiary/aromatic N) is 1. The maximum Gasteiger partial charge on any atom is 0.223 e. The minimum Gasteiger partial charge on any atom is -0.352 e. The third-order valence-electron chi connectivity index (χ3n) is 3.58. The highest BCUT2D eigenvalue weighted by Gasteiger charge is 2.26. The molecule has 0 spiro atoms. The summed E-state index contributed by atoms with van der Waals surface area (Å²) in [5.74, 6) is 1.08. The number of carbonyl (C=O) groups is 1. The quantitative estimate of drug-likeness (QED) is 0.749. The van der Waals surface area contributed by atoms with E-state index in [2.05, 4.69) is 17.1 Å². The van der Waals surface area contributed by atoms with Crippen molar-refractivity contribution in [1.82, 2.24) is 10.2 Å². The van der Waals surface area contributed by atoms with Gasteiger partial charge in [-0.1, -0.05) is 0 Å². The minimum absolute atomic E-state index is 0.211. The Hall–Kier alpha value is -0.610. The fraction of sp³-hybridized carbons (Fsp3) is 0.923. The van der Waals surface area contributed by atoms with Crippen molar-refractivity contribution in [3.05, 3.63) is 0 Å². The molecule has 4 nitrogen and oxygen atoms in total. The molecule has 3 N–H and O–H groups in total. The molecule has 4 heteroatoms. The molecular formula is C13H27N3O. The van der Waals surface area contributed by atoms with E-state index in [9.17, 15) is 4.79 Å². The number of nitrogens with two attached hydrogens (primary N) is 1. The number of amides is 1. The monoisotopic (exact) mass is 241 g/mol. The zero-order valence-electron chi connectivity index (χ0n) is 11.4. The lowest BCUT2D eigenvalue weighted by atomic mass is 9.81. The van der Waals surface area contributed by atoms with Crippen LogP contribution < -0.4 is 11.1 Å². The van der Waals surface area contributed by atoms with E-state index in [0.29, 0.717) is 5.92 Å². The van der Waals surface area contributed by atoms with Crippen molar-refractivity contribution in [2.24, 2.45) is 17.6 Å². The number of rotatable bonds is 5. The topological polar surface area (TPSA) is 58.4 Å². The first kappa shape index (κ1) is 14.5. The Morgan fingerprint density at radius 2 is 1.94 bits per heavy atom. The van der Waals surface area contributed by atoms with Crippen LogP contribution in [0.3, 0.4) is 0 Å². The average molecular weight is 241 g/mol. The third kappa shape index (κ3) is 5.04. The van der Waals surface area contributed by atoms with E-state index in [-0.39, 0.29) is 17.9 Å². The van der Waals surface area contributed by atoms with Gasteiger partial charge in [0.15, 0.2) is 0 Å². The molecule has 1 saturated carbocycles. The molecule has 1 unspecified atom stereocenters. The van der Waals surface area contributed by atoms with Crippen molar-refractivity contribution in [2.45, 2.75) is 38.6 Å². The maximum absolute atomic E-state index is 12.0. The first-order valence-electron chi connectivity index (χ1n) is 6.68. The minimum atomic E-state index is 0.211. The van der Waals surface area contributed by atoms with E-state index in [1.54, 1.807) is 0 Å². The van der Waals surface area contributed by atoms with E-state index in [4.69, 9.17) is 5.73 Å². The van der Waals surface area contributed by atoms with Crippen molar-refractivity contribution in [2.75, 3.05) is 27.2 Å². The fourth-order valence-electron chi connectivity index (χ4n) is 2.61. The summed E-state index contributed by atoms with van der Waals surface area (Å²) in [6.45, 7) is 3.72. The molecule has 0 heterocycles. The van der Waals surface area contributed by atoms with E-state index in [1.807, 2.05) is 14.1 Å². The Labute approximate surface area is 105 Å². The molecule has 1 atom stereocenters. The molecule has 0 aromatic carbocycles. The Kier molecular flexibility index (Phi) is 5.92. The number of hydrogen-bond acceptors (Lipinski definition) is 3. The Balaban J connectivity index is 2.29. The van der Waals surface area contributed by atoms with Crippen LogP contribution >= 0.6 is 0 Å². The summed E-state index contributed by atoms with van der Waals surface area (Å²) < 4.78 is 0. The molecule has 1 fully saturated rings. The summed E-state index contributed by atoms with van der Waals surface area (Å²) >= 11 is 0. The molecule has 1 rings (SSSR count). The van der Waals surface area contributed by atoms with Crippen LogP contribution in [0.25, 0.3) is 0 Å². The molecule has 1 aliphatic rings. The molecular weight excluding hydrogens is 214 g/mol. The van der Waals surface area contributed by atoms with Gasteiger partial charge in [0.05, 0.1) is 0 Å². The molecule has 0 aromatic heterocycles. The van der Waals surface area contributed by atoms with Crippen LogP contribution in [0.1, 0.15) is 32.6 Å². The van der Waals surface area contributed by atoms with Gasteiger partial charge in [-0.15, -0.1) is 0 Å². The second-order valence-corrected chi connectivity index (χ2v) is 5.63. The van der Waals surface area contributed by atoms with Crippen LogP contribution in [-0.4, -0.2) is 44.0 Å². The summed E-state index contributed by atoms with van der Waals surface area (Å²) in [5.41, 5.74) is 5.65. The molecule has 1 aliphatic carbocycles. The lowest BCUT2D eigenvalue weighted by Crippen LogP contribution is -2.43. The van der Waals surface area contributed by atoms with Gasteiger partial charge in [-0.25, -0.2) is 0 Å². The van der Waals surface area contributed by atoms with Crippen molar-refractivity contribution in [3.63, 3.8) is 0 Å². The number of carbonyl (C=O) groups excluding carboxylic acids is 1. The Morgan fingerprint density at radius 1 is 1.35 bits per heavy atom. The Bertz CT molecular complexity index is 235. The highest BCUT2D eigenvalue weighted by Crippen LogP contribution is 2.28. The van der Waals surface area contributed by atoms with Crippen LogP contribution in [0.4, 0.5) is 0 Å². The van der Waals surface area contributed by atoms with Gasteiger partial charge in [0, 0.05) is 18.5 Å². The predicted molar refractivity (Wildman–Crippen MR) is 70.7 cm³/mol. The summed E-state index contributed by atoms with van der Waals surface area (Å²) in [6, 6.07) is 0.227. The van der Waals surface area contributed by atoms with Gasteiger partial charge in [0.2, 0.25) is 5.91 Å². The van der Waals surface area contributed by atoms with E-state index >= 15 is 0 Å². The first-order chi connectivity index (χ1) is 8.02. The van der Waals surface area contributed by atoms with E-state index in [1.165, 1.54) is 0 Å². The lowest BCUT2D eigenvalue weighted by molar-refractivity contribution is -0.126. The predicted octanol–water partition coefficient (Wildman–Crippen LogP) is 0.818. The second kappa shape index (κ2) is 6.97. The summed E-state index contributed by atoms with van der Waals surface area (Å²) in [4.78, 5) is 14.1. The van der Waals surface area contributed by atoms with Gasteiger partial charge < -0.3 is 16.0 Å². The summed E-state index contributed by atoms with van der Waals surface area (Å²) in [5, 5.41) is 3.10. The van der Waals surface area contributed by atoms with Gasteiger partial charge in [0.1, 0.15) is 0 Å². The molecule has 0 radical (unpaired) electrons. The fourth-order valence-corrected chi connectivity index (χ4v) is 2.61. The van der Waals surface area contributed by atoms with Gasteiger partial charge >= 0.3 is 0 Å². The smallest absolute Gasteiger partial charge is 0.223 e. The SMILES string of the molecule is CC(CN(C)C)NC(=O)C1CCC(CN)CC1. The molecule has 0 bridgehead atoms. The maximum atomic E-state index is 12.0. The van der Waals surface area contributed by atoms with Gasteiger partial charge in [-0.3, -0.25) is 4.79 Å². The zero-order valence-corrected chi connectivity index (χ0v) is 11.4. The van der Waals surface area contributed by atoms with Crippen LogP contribution in [-0.2, 0) is 4.79 Å². The normalized spacial score (nSPS) is 26.9. The molecule has 17 heavy (non-hydrogen) atoms. The second-order valence-electron chi connectivity index (χ2n) is 5.63. The molecule has 100 valence electrons. The highest BCUT2D eigenvalue weighted by atomic mass is 16.1. The summed E-state index contributed by atoms with van der Waals surface area (Å²) in [6.07, 6.45) is 4.22. The van der Waals surface area contributed by atoms with Crippen molar-refractivity contribution < 1.29 is 4.79 Å². The zero-order chi connectivity index (χ0) is 12.8. The Morgan fingerprint density at radius 3 is 2.41 bits per heavy atom. The third-order valence-corrected chi connectivity index (χ3v) is 3.58. The number of nitrogens with one attached hydrogen (secondary N) is 1. The van der Waals surface area contributed by atoms with Crippen LogP contribution in [0.2, 0.25) is 0 Å². The van der Waals surface area contributed by atoms with Gasteiger partial charge in [-0.2, -0.15) is 0 Å². The van der Waals surface area contributed by atoms with Crippen LogP contribution in [0.5, 0.6) is 0 Å². The lowest BCUT2D eigenvalue weighted by Gasteiger charge is -2.28. The molecule has 0 saturated heterocycles. The van der Waals surface area contributed by atoms with Gasteiger partial charge in [0.25, 0.3) is 0 Å². The number of hydrogen-bond donors (Lipinski definition) is 2. The van der Waals surface area contributed by atoms with Crippen molar-refractivity contribution in [3.8, 4) is 0 Å². The van der Waals surface area contributed by atoms with Crippen molar-refractivity contribution >= 4 is 5.91 Å². The van der Waals surface area contributed by atoms with Crippen LogP contribution in [0.15, 0.2) is 0 Å². The first-order valence-corrected chi connectivity index (χ1v) is 6.68. The van der Waals surface area contributed by atoms with Crippen molar-refractivity contribution in [1.29, 1.82) is 0 Å². The standard InChI is InChI=1S/C13H27N3O/c1-10(9-16(2)3)15-13(17)12-6-4-11(8-14)5-7-12/h10-12H,4-9,14H2,1-3H3,(H,15,17). The number of likely N-dealkylation sites (N-methyl/N-ethyl adjacent to an activating group) is 1. The molecule has 0 aromatic rings. The average Bonchev–Trinajstić information content (AvgIpc) is 2.28. The van der Waals surface area contributed by atoms with E-state index < -0.39 is 0 Å². The molecule has 0 aliphatic heterocycles. The van der Waals surface area contributed by atoms with Crippen LogP contribution in [0, 0.1) is 11.8 Å². The largest absolute Gasteiger partial charge is 0.352 e. The molecule has 1 amide bonds. The highest BCUT2D eigenvalue weighted by molar-refractivity contribution is 5.79. The van der Waals surface area contributed by atoms with E-state index in [0.717, 1.165) is 38.8 Å².